The first kappa shape index (κ1) is 21.6. The zero-order valence-electron chi connectivity index (χ0n) is 18.9. The highest BCUT2D eigenvalue weighted by Gasteiger charge is 2.20. The van der Waals surface area contributed by atoms with Crippen LogP contribution in [0.25, 0.3) is 10.8 Å². The first-order valence-electron chi connectivity index (χ1n) is 11.9. The Balaban J connectivity index is 1.34. The van der Waals surface area contributed by atoms with Crippen molar-refractivity contribution in [1.82, 2.24) is 0 Å². The number of benzene rings is 3. The molecule has 0 aromatic heterocycles. The van der Waals surface area contributed by atoms with E-state index in [4.69, 9.17) is 0 Å². The summed E-state index contributed by atoms with van der Waals surface area (Å²) in [6.45, 7) is 4.11. The van der Waals surface area contributed by atoms with E-state index in [1.807, 2.05) is 30.3 Å². The topological polar surface area (TPSA) is 0 Å². The van der Waals surface area contributed by atoms with E-state index in [0.717, 1.165) is 28.3 Å². The normalized spacial score (nSPS) is 18.5. The zero-order chi connectivity index (χ0) is 21.6. The Morgan fingerprint density at radius 2 is 1.45 bits per heavy atom. The molecule has 1 heteroatoms. The first-order valence-corrected chi connectivity index (χ1v) is 11.9. The molecule has 0 heterocycles. The molecular weight excluding hydrogens is 379 g/mol. The molecule has 0 N–H and O–H groups in total. The van der Waals surface area contributed by atoms with Gasteiger partial charge in [-0.1, -0.05) is 87.6 Å². The smallest absolute Gasteiger partial charge is 0.133 e. The lowest BCUT2D eigenvalue weighted by atomic mass is 9.78. The number of aryl methyl sites for hydroxylation is 2. The van der Waals surface area contributed by atoms with E-state index in [9.17, 15) is 4.39 Å². The van der Waals surface area contributed by atoms with E-state index < -0.39 is 0 Å². The average Bonchev–Trinajstić information content (AvgIpc) is 2.80. The van der Waals surface area contributed by atoms with Gasteiger partial charge in [0.2, 0.25) is 0 Å². The molecule has 0 nitrogen and oxygen atoms in total. The third-order valence-corrected chi connectivity index (χ3v) is 6.96. The first-order chi connectivity index (χ1) is 15.1. The van der Waals surface area contributed by atoms with Crippen LogP contribution in [-0.2, 0) is 6.42 Å². The monoisotopic (exact) mass is 412 g/mol. The lowest BCUT2D eigenvalue weighted by Crippen LogP contribution is -2.15. The Morgan fingerprint density at radius 3 is 2.16 bits per heavy atom. The van der Waals surface area contributed by atoms with Gasteiger partial charge in [-0.3, -0.25) is 0 Å². The Bertz CT molecular complexity index is 1070. The van der Waals surface area contributed by atoms with Gasteiger partial charge >= 0.3 is 0 Å². The summed E-state index contributed by atoms with van der Waals surface area (Å²) < 4.78 is 14.2. The molecule has 0 saturated heterocycles. The summed E-state index contributed by atoms with van der Waals surface area (Å²) in [7, 11) is 0. The molecule has 0 bridgehead atoms. The summed E-state index contributed by atoms with van der Waals surface area (Å²) in [5.74, 6) is 8.25. The largest absolute Gasteiger partial charge is 0.206 e. The summed E-state index contributed by atoms with van der Waals surface area (Å²) in [6.07, 6.45) is 11.0. The third-order valence-electron chi connectivity index (χ3n) is 6.96. The van der Waals surface area contributed by atoms with Crippen molar-refractivity contribution in [2.45, 2.75) is 65.2 Å². The van der Waals surface area contributed by atoms with E-state index in [1.54, 1.807) is 6.92 Å². The fraction of sp³-hybridized carbons (Fsp3) is 0.400. The van der Waals surface area contributed by atoms with Crippen LogP contribution in [-0.4, -0.2) is 0 Å². The maximum absolute atomic E-state index is 14.2. The van der Waals surface area contributed by atoms with Gasteiger partial charge in [-0.15, -0.1) is 0 Å². The highest BCUT2D eigenvalue weighted by molar-refractivity contribution is 5.85. The maximum Gasteiger partial charge on any atom is 0.133 e. The van der Waals surface area contributed by atoms with Crippen molar-refractivity contribution in [1.29, 1.82) is 0 Å². The highest BCUT2D eigenvalue weighted by Crippen LogP contribution is 2.33. The average molecular weight is 413 g/mol. The van der Waals surface area contributed by atoms with E-state index in [1.165, 1.54) is 56.9 Å². The molecule has 1 saturated carbocycles. The lowest BCUT2D eigenvalue weighted by Gasteiger charge is -2.28. The summed E-state index contributed by atoms with van der Waals surface area (Å²) in [4.78, 5) is 0. The Labute approximate surface area is 186 Å². The molecule has 4 rings (SSSR count). The fourth-order valence-electron chi connectivity index (χ4n) is 4.97. The fourth-order valence-corrected chi connectivity index (χ4v) is 4.97. The number of hydrogen-bond acceptors (Lipinski definition) is 0. The molecule has 0 amide bonds. The minimum atomic E-state index is -0.137. The molecule has 3 aromatic rings. The molecule has 0 spiro atoms. The van der Waals surface area contributed by atoms with Crippen LogP contribution in [0.1, 0.15) is 74.1 Å². The van der Waals surface area contributed by atoms with Gasteiger partial charge in [-0.2, -0.15) is 0 Å². The maximum atomic E-state index is 14.2. The van der Waals surface area contributed by atoms with Crippen molar-refractivity contribution in [3.05, 3.63) is 82.7 Å². The van der Waals surface area contributed by atoms with Gasteiger partial charge < -0.3 is 0 Å². The summed E-state index contributed by atoms with van der Waals surface area (Å²) in [5.41, 5.74) is 4.03. The van der Waals surface area contributed by atoms with Crippen molar-refractivity contribution in [2.75, 3.05) is 0 Å². The predicted octanol–water partition coefficient (Wildman–Crippen LogP) is 8.23. The van der Waals surface area contributed by atoms with Gasteiger partial charge in [0.25, 0.3) is 0 Å². The lowest BCUT2D eigenvalue weighted by molar-refractivity contribution is 0.252. The summed E-state index contributed by atoms with van der Waals surface area (Å²) in [5, 5.41) is 1.56. The number of rotatable bonds is 5. The third kappa shape index (κ3) is 5.56. The molecule has 0 unspecified atom stereocenters. The van der Waals surface area contributed by atoms with Gasteiger partial charge in [-0.25, -0.2) is 4.39 Å². The Kier molecular flexibility index (Phi) is 7.08. The van der Waals surface area contributed by atoms with Crippen LogP contribution >= 0.6 is 0 Å². The molecule has 3 aromatic carbocycles. The molecule has 160 valence electrons. The molecule has 1 fully saturated rings. The van der Waals surface area contributed by atoms with Gasteiger partial charge in [0.15, 0.2) is 0 Å². The van der Waals surface area contributed by atoms with Crippen molar-refractivity contribution in [2.24, 2.45) is 11.8 Å². The Hall–Kier alpha value is -2.59. The SMILES string of the molecule is CCCC1CCC(CCc2ccc(C#Cc3ccc4c(F)c(C)ccc4c3)cc2)CC1. The molecule has 0 aliphatic heterocycles. The van der Waals surface area contributed by atoms with E-state index in [0.29, 0.717) is 10.9 Å². The molecule has 31 heavy (non-hydrogen) atoms. The van der Waals surface area contributed by atoms with Gasteiger partial charge in [-0.05, 0) is 72.4 Å². The van der Waals surface area contributed by atoms with E-state index >= 15 is 0 Å². The van der Waals surface area contributed by atoms with Crippen molar-refractivity contribution >= 4 is 10.8 Å². The minimum Gasteiger partial charge on any atom is -0.206 e. The van der Waals surface area contributed by atoms with Crippen LogP contribution in [0.4, 0.5) is 4.39 Å². The minimum absolute atomic E-state index is 0.137. The number of hydrogen-bond donors (Lipinski definition) is 0. The van der Waals surface area contributed by atoms with Crippen LogP contribution < -0.4 is 0 Å². The second-order valence-electron chi connectivity index (χ2n) is 9.29. The Morgan fingerprint density at radius 1 is 0.806 bits per heavy atom. The second-order valence-corrected chi connectivity index (χ2v) is 9.29. The number of halogens is 1. The van der Waals surface area contributed by atoms with Crippen LogP contribution in [0, 0.1) is 36.4 Å². The second kappa shape index (κ2) is 10.1. The van der Waals surface area contributed by atoms with E-state index in [-0.39, 0.29) is 5.82 Å². The predicted molar refractivity (Wildman–Crippen MR) is 130 cm³/mol. The van der Waals surface area contributed by atoms with Crippen LogP contribution in [0.5, 0.6) is 0 Å². The standard InChI is InChI=1S/C30H33F/c1-3-4-23-6-8-24(9-7-23)10-11-25-12-14-26(15-13-25)16-17-27-18-20-29-28(21-27)19-5-22(2)30(29)31/h5,12-15,18-21,23-24H,3-4,6-11H2,1-2H3. The van der Waals surface area contributed by atoms with Gasteiger partial charge in [0, 0.05) is 16.5 Å². The van der Waals surface area contributed by atoms with Crippen molar-refractivity contribution in [3.63, 3.8) is 0 Å². The van der Waals surface area contributed by atoms with Gasteiger partial charge in [0.05, 0.1) is 0 Å². The summed E-state index contributed by atoms with van der Waals surface area (Å²) >= 11 is 0. The summed E-state index contributed by atoms with van der Waals surface area (Å²) in [6, 6.07) is 18.2. The molecule has 0 radical (unpaired) electrons. The molecular formula is C30H33F. The molecule has 1 aliphatic carbocycles. The number of fused-ring (bicyclic) bond motifs is 1. The molecule has 0 atom stereocenters. The van der Waals surface area contributed by atoms with Crippen molar-refractivity contribution < 1.29 is 4.39 Å². The van der Waals surface area contributed by atoms with Crippen molar-refractivity contribution in [3.8, 4) is 11.8 Å². The van der Waals surface area contributed by atoms with Gasteiger partial charge in [0.1, 0.15) is 5.82 Å². The van der Waals surface area contributed by atoms with Crippen LogP contribution in [0.3, 0.4) is 0 Å². The van der Waals surface area contributed by atoms with E-state index in [2.05, 4.69) is 43.0 Å². The quantitative estimate of drug-likeness (QED) is 0.370. The van der Waals surface area contributed by atoms with Crippen LogP contribution in [0.2, 0.25) is 0 Å². The molecule has 1 aliphatic rings. The highest BCUT2D eigenvalue weighted by atomic mass is 19.1. The van der Waals surface area contributed by atoms with Crippen LogP contribution in [0.15, 0.2) is 54.6 Å². The zero-order valence-corrected chi connectivity index (χ0v) is 18.9.